The summed E-state index contributed by atoms with van der Waals surface area (Å²) >= 11 is 0. The van der Waals surface area contributed by atoms with Crippen molar-refractivity contribution in [1.29, 1.82) is 0 Å². The molecule has 2 heteroatoms. The third-order valence-electron chi connectivity index (χ3n) is 11.8. The zero-order valence-corrected chi connectivity index (χ0v) is 33.0. The molecule has 0 aliphatic carbocycles. The van der Waals surface area contributed by atoms with Crippen molar-refractivity contribution in [2.45, 2.75) is 0 Å². The molecule has 0 unspecified atom stereocenters. The zero-order valence-electron chi connectivity index (χ0n) is 33.0. The van der Waals surface area contributed by atoms with Gasteiger partial charge in [-0.1, -0.05) is 194 Å². The fourth-order valence-corrected chi connectivity index (χ4v) is 9.07. The van der Waals surface area contributed by atoms with Crippen LogP contribution in [0.25, 0.3) is 82.8 Å². The number of para-hydroxylation sites is 2. The summed E-state index contributed by atoms with van der Waals surface area (Å²) in [5.74, 6) is 0. The maximum atomic E-state index is 2.47. The summed E-state index contributed by atoms with van der Waals surface area (Å²) < 4.78 is 2.44. The number of nitrogens with zero attached hydrogens (tertiary/aromatic N) is 2. The van der Waals surface area contributed by atoms with E-state index in [9.17, 15) is 0 Å². The largest absolute Gasteiger partial charge is 0.309 e. The molecule has 0 atom stereocenters. The van der Waals surface area contributed by atoms with Gasteiger partial charge < -0.3 is 9.47 Å². The Bertz CT molecular complexity index is 3300. The number of aromatic nitrogens is 1. The molecule has 282 valence electrons. The lowest BCUT2D eigenvalue weighted by atomic mass is 9.95. The summed E-state index contributed by atoms with van der Waals surface area (Å²) in [7, 11) is 0. The van der Waals surface area contributed by atoms with Gasteiger partial charge in [0.1, 0.15) is 0 Å². The Morgan fingerprint density at radius 2 is 0.850 bits per heavy atom. The Morgan fingerprint density at radius 1 is 0.283 bits per heavy atom. The zero-order chi connectivity index (χ0) is 39.8. The highest BCUT2D eigenvalue weighted by Gasteiger charge is 2.23. The molecule has 1 heterocycles. The third kappa shape index (κ3) is 6.14. The minimum absolute atomic E-state index is 1.08. The minimum atomic E-state index is 1.08. The highest BCUT2D eigenvalue weighted by atomic mass is 15.1. The first-order chi connectivity index (χ1) is 29.8. The van der Waals surface area contributed by atoms with Gasteiger partial charge in [-0.05, 0) is 92.9 Å². The fourth-order valence-electron chi connectivity index (χ4n) is 9.07. The van der Waals surface area contributed by atoms with Gasteiger partial charge in [-0.25, -0.2) is 0 Å². The molecule has 11 rings (SSSR count). The van der Waals surface area contributed by atoms with Gasteiger partial charge in [-0.2, -0.15) is 0 Å². The summed E-state index contributed by atoms with van der Waals surface area (Å²) in [6.07, 6.45) is 0. The van der Waals surface area contributed by atoms with Crippen molar-refractivity contribution in [3.63, 3.8) is 0 Å². The number of rotatable bonds is 8. The van der Waals surface area contributed by atoms with E-state index >= 15 is 0 Å². The average Bonchev–Trinajstić information content (AvgIpc) is 3.67. The summed E-state index contributed by atoms with van der Waals surface area (Å²) in [5.41, 5.74) is 16.3. The van der Waals surface area contributed by atoms with Crippen LogP contribution in [-0.2, 0) is 0 Å². The molecule has 0 bridgehead atoms. The van der Waals surface area contributed by atoms with Crippen molar-refractivity contribution in [3.05, 3.63) is 243 Å². The van der Waals surface area contributed by atoms with Crippen molar-refractivity contribution in [2.75, 3.05) is 4.90 Å². The molecule has 0 spiro atoms. The molecule has 0 amide bonds. The van der Waals surface area contributed by atoms with E-state index in [-0.39, 0.29) is 0 Å². The van der Waals surface area contributed by atoms with E-state index in [1.54, 1.807) is 0 Å². The molecular formula is C58H40N2. The van der Waals surface area contributed by atoms with Crippen LogP contribution in [0.3, 0.4) is 0 Å². The highest BCUT2D eigenvalue weighted by molar-refractivity contribution is 6.17. The second kappa shape index (κ2) is 15.1. The van der Waals surface area contributed by atoms with Crippen LogP contribution < -0.4 is 4.90 Å². The van der Waals surface area contributed by atoms with E-state index in [1.165, 1.54) is 71.6 Å². The van der Waals surface area contributed by atoms with Gasteiger partial charge in [0.25, 0.3) is 0 Å². The van der Waals surface area contributed by atoms with Crippen LogP contribution in [-0.4, -0.2) is 4.57 Å². The fraction of sp³-hybridized carbons (Fsp3) is 0. The van der Waals surface area contributed by atoms with Gasteiger partial charge in [0.2, 0.25) is 0 Å². The molecule has 1 aromatic heterocycles. The highest BCUT2D eigenvalue weighted by Crippen LogP contribution is 2.47. The summed E-state index contributed by atoms with van der Waals surface area (Å²) in [6.45, 7) is 0. The third-order valence-corrected chi connectivity index (χ3v) is 11.8. The second-order valence-corrected chi connectivity index (χ2v) is 15.3. The van der Waals surface area contributed by atoms with Gasteiger partial charge in [0.05, 0.1) is 22.4 Å². The van der Waals surface area contributed by atoms with Crippen LogP contribution in [0.1, 0.15) is 0 Å². The Hall–Kier alpha value is -7.94. The first kappa shape index (κ1) is 35.2. The molecule has 0 N–H and O–H groups in total. The molecular weight excluding hydrogens is 725 g/mol. The van der Waals surface area contributed by atoms with Crippen molar-refractivity contribution < 1.29 is 0 Å². The van der Waals surface area contributed by atoms with Gasteiger partial charge >= 0.3 is 0 Å². The van der Waals surface area contributed by atoms with Crippen LogP contribution in [0.2, 0.25) is 0 Å². The number of hydrogen-bond acceptors (Lipinski definition) is 1. The Balaban J connectivity index is 1.19. The minimum Gasteiger partial charge on any atom is -0.309 e. The molecule has 0 saturated carbocycles. The molecule has 60 heavy (non-hydrogen) atoms. The number of fused-ring (bicyclic) bond motifs is 4. The average molecular weight is 765 g/mol. The SMILES string of the molecule is c1ccc(-c2cccc(-c3cccc4c3c3ccc(N(c5ccccc5-c5ccccc5)c5ccc(-c6ccccc6)c6ccccc56)cc3n4-c3ccccc3)c2)cc1. The van der Waals surface area contributed by atoms with Gasteiger partial charge in [0.15, 0.2) is 0 Å². The molecule has 2 nitrogen and oxygen atoms in total. The first-order valence-electron chi connectivity index (χ1n) is 20.6. The lowest BCUT2D eigenvalue weighted by Gasteiger charge is -2.29. The second-order valence-electron chi connectivity index (χ2n) is 15.3. The Labute approximate surface area is 350 Å². The van der Waals surface area contributed by atoms with Crippen molar-refractivity contribution >= 4 is 49.6 Å². The molecule has 0 radical (unpaired) electrons. The van der Waals surface area contributed by atoms with E-state index in [0.29, 0.717) is 0 Å². The first-order valence-corrected chi connectivity index (χ1v) is 20.6. The maximum absolute atomic E-state index is 2.47. The predicted molar refractivity (Wildman–Crippen MR) is 255 cm³/mol. The molecule has 0 aliphatic rings. The number of benzene rings is 10. The van der Waals surface area contributed by atoms with Crippen LogP contribution in [0.15, 0.2) is 243 Å². The van der Waals surface area contributed by atoms with Crippen molar-refractivity contribution in [3.8, 4) is 50.2 Å². The monoisotopic (exact) mass is 764 g/mol. The van der Waals surface area contributed by atoms with E-state index in [4.69, 9.17) is 0 Å². The van der Waals surface area contributed by atoms with E-state index in [0.717, 1.165) is 28.3 Å². The quantitative estimate of drug-likeness (QED) is 0.150. The Kier molecular flexibility index (Phi) is 8.87. The Morgan fingerprint density at radius 3 is 1.60 bits per heavy atom. The van der Waals surface area contributed by atoms with E-state index < -0.39 is 0 Å². The molecule has 0 fully saturated rings. The van der Waals surface area contributed by atoms with Gasteiger partial charge in [-0.3, -0.25) is 0 Å². The molecule has 11 aromatic rings. The van der Waals surface area contributed by atoms with Crippen molar-refractivity contribution in [2.24, 2.45) is 0 Å². The standard InChI is InChI=1S/C58H40N2/c1-5-19-41(20-6-1)44-25-17-26-45(39-44)50-32-18-34-56-58(50)53-36-35-47(40-57(53)59(56)46-27-11-4-12-28-46)60(54-33-16-15-29-49(54)43-23-9-3-10-24-43)55-38-37-48(42-21-7-2-8-22-42)51-30-13-14-31-52(51)55/h1-40H. The number of hydrogen-bond donors (Lipinski definition) is 0. The van der Waals surface area contributed by atoms with Crippen molar-refractivity contribution in [1.82, 2.24) is 4.57 Å². The van der Waals surface area contributed by atoms with Crippen LogP contribution in [0.5, 0.6) is 0 Å². The topological polar surface area (TPSA) is 8.17 Å². The summed E-state index contributed by atoms with van der Waals surface area (Å²) in [5, 5.41) is 4.84. The summed E-state index contributed by atoms with van der Waals surface area (Å²) in [6, 6.07) is 87.9. The lowest BCUT2D eigenvalue weighted by Crippen LogP contribution is -2.12. The van der Waals surface area contributed by atoms with E-state index in [1.807, 2.05) is 0 Å². The molecule has 0 saturated heterocycles. The van der Waals surface area contributed by atoms with E-state index in [2.05, 4.69) is 252 Å². The van der Waals surface area contributed by atoms with Crippen LogP contribution >= 0.6 is 0 Å². The number of anilines is 3. The maximum Gasteiger partial charge on any atom is 0.0562 e. The molecule has 0 aliphatic heterocycles. The van der Waals surface area contributed by atoms with Gasteiger partial charge in [0, 0.05) is 33.1 Å². The lowest BCUT2D eigenvalue weighted by molar-refractivity contribution is 1.18. The smallest absolute Gasteiger partial charge is 0.0562 e. The van der Waals surface area contributed by atoms with Crippen LogP contribution in [0, 0.1) is 0 Å². The summed E-state index contributed by atoms with van der Waals surface area (Å²) in [4.78, 5) is 2.47. The predicted octanol–water partition coefficient (Wildman–Crippen LogP) is 16.1. The van der Waals surface area contributed by atoms with Gasteiger partial charge in [-0.15, -0.1) is 0 Å². The normalized spacial score (nSPS) is 11.3. The molecule has 10 aromatic carbocycles. The van der Waals surface area contributed by atoms with Crippen LogP contribution in [0.4, 0.5) is 17.1 Å².